The highest BCUT2D eigenvalue weighted by molar-refractivity contribution is 5.76. The Balaban J connectivity index is 1.55. The van der Waals surface area contributed by atoms with E-state index in [-0.39, 0.29) is 23.4 Å². The summed E-state index contributed by atoms with van der Waals surface area (Å²) in [6.45, 7) is 1.34. The van der Waals surface area contributed by atoms with Crippen molar-refractivity contribution in [2.24, 2.45) is 7.05 Å². The van der Waals surface area contributed by atoms with Gasteiger partial charge in [-0.05, 0) is 36.8 Å². The molecule has 6 heteroatoms. The fraction of sp³-hybridized carbons (Fsp3) is 0.474. The Bertz CT molecular complexity index is 736. The Hall–Kier alpha value is -2.37. The number of piperidine rings is 1. The van der Waals surface area contributed by atoms with Crippen LogP contribution in [0.5, 0.6) is 5.75 Å². The molecular weight excluding hydrogens is 321 g/mol. The lowest BCUT2D eigenvalue weighted by Crippen LogP contribution is -2.38. The summed E-state index contributed by atoms with van der Waals surface area (Å²) in [5.41, 5.74) is 1.75. The molecule has 1 amide bonds. The zero-order valence-corrected chi connectivity index (χ0v) is 14.7. The molecule has 0 atom stereocenters. The zero-order valence-electron chi connectivity index (χ0n) is 14.7. The van der Waals surface area contributed by atoms with Crippen LogP contribution in [0.4, 0.5) is 4.39 Å². The fourth-order valence-electron chi connectivity index (χ4n) is 3.46. The van der Waals surface area contributed by atoms with E-state index in [1.807, 2.05) is 28.6 Å². The van der Waals surface area contributed by atoms with Crippen LogP contribution in [-0.4, -0.2) is 40.6 Å². The predicted molar refractivity (Wildman–Crippen MR) is 93.0 cm³/mol. The third-order valence-corrected chi connectivity index (χ3v) is 5.01. The van der Waals surface area contributed by atoms with Crippen molar-refractivity contribution in [3.8, 4) is 5.75 Å². The normalized spacial score (nSPS) is 15.4. The number of carbonyl (C=O) groups is 1. The van der Waals surface area contributed by atoms with Gasteiger partial charge in [-0.15, -0.1) is 0 Å². The van der Waals surface area contributed by atoms with E-state index in [0.29, 0.717) is 31.5 Å². The lowest BCUT2D eigenvalue weighted by Gasteiger charge is -2.32. The lowest BCUT2D eigenvalue weighted by atomic mass is 9.88. The summed E-state index contributed by atoms with van der Waals surface area (Å²) in [4.78, 5) is 18.4. The van der Waals surface area contributed by atoms with Crippen molar-refractivity contribution in [2.75, 3.05) is 20.2 Å². The largest absolute Gasteiger partial charge is 0.494 e. The van der Waals surface area contributed by atoms with Crippen molar-refractivity contribution in [3.63, 3.8) is 0 Å². The molecule has 2 aromatic rings. The summed E-state index contributed by atoms with van der Waals surface area (Å²) in [6, 6.07) is 5.28. The summed E-state index contributed by atoms with van der Waals surface area (Å²) in [5, 5.41) is 0. The molecular formula is C19H24FN3O2. The minimum Gasteiger partial charge on any atom is -0.494 e. The standard InChI is InChI=1S/C19H24FN3O2/c1-22-13-21-12-15(22)6-7-18(24)23-10-8-14(9-11-23)16-4-3-5-17(25-2)19(16)20/h3-5,12-14H,6-11H2,1-2H3. The van der Waals surface area contributed by atoms with E-state index in [2.05, 4.69) is 4.98 Å². The van der Waals surface area contributed by atoms with Crippen LogP contribution in [0.2, 0.25) is 0 Å². The van der Waals surface area contributed by atoms with Gasteiger partial charge in [0, 0.05) is 38.4 Å². The molecule has 0 aliphatic carbocycles. The smallest absolute Gasteiger partial charge is 0.222 e. The maximum atomic E-state index is 14.4. The number of imidazole rings is 1. The van der Waals surface area contributed by atoms with Gasteiger partial charge in [0.2, 0.25) is 5.91 Å². The van der Waals surface area contributed by atoms with E-state index >= 15 is 0 Å². The van der Waals surface area contributed by atoms with E-state index in [9.17, 15) is 9.18 Å². The minimum atomic E-state index is -0.272. The number of carbonyl (C=O) groups excluding carboxylic acids is 1. The van der Waals surface area contributed by atoms with Crippen molar-refractivity contribution in [3.05, 3.63) is 47.8 Å². The third-order valence-electron chi connectivity index (χ3n) is 5.01. The molecule has 1 fully saturated rings. The number of likely N-dealkylation sites (tertiary alicyclic amines) is 1. The Kier molecular flexibility index (Phi) is 5.36. The zero-order chi connectivity index (χ0) is 17.8. The highest BCUT2D eigenvalue weighted by Gasteiger charge is 2.26. The number of amides is 1. The summed E-state index contributed by atoms with van der Waals surface area (Å²) >= 11 is 0. The van der Waals surface area contributed by atoms with Crippen molar-refractivity contribution in [1.29, 1.82) is 0 Å². The van der Waals surface area contributed by atoms with E-state index in [0.717, 1.165) is 18.5 Å². The molecule has 0 spiro atoms. The van der Waals surface area contributed by atoms with Gasteiger partial charge in [-0.25, -0.2) is 9.37 Å². The summed E-state index contributed by atoms with van der Waals surface area (Å²) in [5.74, 6) is 0.306. The summed E-state index contributed by atoms with van der Waals surface area (Å²) < 4.78 is 21.4. The highest BCUT2D eigenvalue weighted by atomic mass is 19.1. The molecule has 1 aromatic heterocycles. The predicted octanol–water partition coefficient (Wildman–Crippen LogP) is 2.91. The van der Waals surface area contributed by atoms with E-state index in [4.69, 9.17) is 4.74 Å². The molecule has 0 N–H and O–H groups in total. The Morgan fingerprint density at radius 3 is 2.76 bits per heavy atom. The van der Waals surface area contributed by atoms with Crippen LogP contribution in [-0.2, 0) is 18.3 Å². The quantitative estimate of drug-likeness (QED) is 0.837. The first-order valence-electron chi connectivity index (χ1n) is 8.65. The van der Waals surface area contributed by atoms with Gasteiger partial charge in [0.15, 0.2) is 11.6 Å². The van der Waals surface area contributed by atoms with E-state index in [1.54, 1.807) is 18.6 Å². The molecule has 0 bridgehead atoms. The second kappa shape index (κ2) is 7.68. The number of nitrogens with zero attached hydrogens (tertiary/aromatic N) is 3. The molecule has 0 unspecified atom stereocenters. The number of hydrogen-bond acceptors (Lipinski definition) is 3. The average Bonchev–Trinajstić information content (AvgIpc) is 3.05. The average molecular weight is 345 g/mol. The van der Waals surface area contributed by atoms with Gasteiger partial charge in [0.25, 0.3) is 0 Å². The first-order chi connectivity index (χ1) is 12.1. The number of benzene rings is 1. The molecule has 1 aliphatic heterocycles. The number of hydrogen-bond donors (Lipinski definition) is 0. The molecule has 25 heavy (non-hydrogen) atoms. The van der Waals surface area contributed by atoms with Gasteiger partial charge in [-0.2, -0.15) is 0 Å². The van der Waals surface area contributed by atoms with Crippen molar-refractivity contribution in [1.82, 2.24) is 14.5 Å². The van der Waals surface area contributed by atoms with Crippen molar-refractivity contribution in [2.45, 2.75) is 31.6 Å². The number of methoxy groups -OCH3 is 1. The fourth-order valence-corrected chi connectivity index (χ4v) is 3.46. The van der Waals surface area contributed by atoms with Gasteiger partial charge >= 0.3 is 0 Å². The molecule has 134 valence electrons. The van der Waals surface area contributed by atoms with Gasteiger partial charge < -0.3 is 14.2 Å². The molecule has 1 aromatic carbocycles. The van der Waals surface area contributed by atoms with Crippen LogP contribution < -0.4 is 4.74 Å². The topological polar surface area (TPSA) is 47.4 Å². The van der Waals surface area contributed by atoms with Crippen LogP contribution in [0.25, 0.3) is 0 Å². The second-order valence-corrected chi connectivity index (χ2v) is 6.51. The maximum Gasteiger partial charge on any atom is 0.222 e. The van der Waals surface area contributed by atoms with Crippen LogP contribution in [0, 0.1) is 5.82 Å². The summed E-state index contributed by atoms with van der Waals surface area (Å²) in [7, 11) is 3.41. The SMILES string of the molecule is COc1cccc(C2CCN(C(=O)CCc3cncn3C)CC2)c1F. The molecule has 0 radical (unpaired) electrons. The molecule has 5 nitrogen and oxygen atoms in total. The van der Waals surface area contributed by atoms with Crippen molar-refractivity contribution >= 4 is 5.91 Å². The van der Waals surface area contributed by atoms with Crippen LogP contribution >= 0.6 is 0 Å². The molecule has 1 saturated heterocycles. The van der Waals surface area contributed by atoms with E-state index < -0.39 is 0 Å². The molecule has 0 saturated carbocycles. The number of rotatable bonds is 5. The first kappa shape index (κ1) is 17.5. The Labute approximate surface area is 147 Å². The Morgan fingerprint density at radius 1 is 1.36 bits per heavy atom. The van der Waals surface area contributed by atoms with Gasteiger partial charge in [0.05, 0.1) is 13.4 Å². The molecule has 3 rings (SSSR count). The monoisotopic (exact) mass is 345 g/mol. The van der Waals surface area contributed by atoms with E-state index in [1.165, 1.54) is 7.11 Å². The number of aromatic nitrogens is 2. The van der Waals surface area contributed by atoms with Crippen LogP contribution in [0.3, 0.4) is 0 Å². The second-order valence-electron chi connectivity index (χ2n) is 6.51. The maximum absolute atomic E-state index is 14.4. The number of ether oxygens (including phenoxy) is 1. The Morgan fingerprint density at radius 2 is 2.12 bits per heavy atom. The van der Waals surface area contributed by atoms with Crippen molar-refractivity contribution < 1.29 is 13.9 Å². The van der Waals surface area contributed by atoms with Crippen LogP contribution in [0.15, 0.2) is 30.7 Å². The first-order valence-corrected chi connectivity index (χ1v) is 8.65. The number of halogens is 1. The number of aryl methyl sites for hydroxylation is 2. The highest BCUT2D eigenvalue weighted by Crippen LogP contribution is 2.33. The molecule has 2 heterocycles. The third kappa shape index (κ3) is 3.83. The molecule has 1 aliphatic rings. The van der Waals surface area contributed by atoms with Gasteiger partial charge in [0.1, 0.15) is 0 Å². The van der Waals surface area contributed by atoms with Gasteiger partial charge in [-0.3, -0.25) is 4.79 Å². The minimum absolute atomic E-state index is 0.135. The summed E-state index contributed by atoms with van der Waals surface area (Å²) in [6.07, 6.45) is 6.28. The van der Waals surface area contributed by atoms with Gasteiger partial charge in [-0.1, -0.05) is 12.1 Å². The van der Waals surface area contributed by atoms with Crippen LogP contribution in [0.1, 0.15) is 36.4 Å². The lowest BCUT2D eigenvalue weighted by molar-refractivity contribution is -0.132.